The summed E-state index contributed by atoms with van der Waals surface area (Å²) in [5, 5.41) is 9.85. The normalized spacial score (nSPS) is 32.3. The lowest BCUT2D eigenvalue weighted by Gasteiger charge is -2.40. The molecule has 2 fully saturated rings. The molecule has 0 N–H and O–H groups in total. The molecule has 0 radical (unpaired) electrons. The summed E-state index contributed by atoms with van der Waals surface area (Å²) in [7, 11) is 0. The van der Waals surface area contributed by atoms with E-state index in [0.29, 0.717) is 0 Å². The van der Waals surface area contributed by atoms with Crippen LogP contribution in [0.2, 0.25) is 0 Å². The fraction of sp³-hybridized carbons (Fsp3) is 0.960. The highest BCUT2D eigenvalue weighted by atomic mass is 14.4. The molecule has 150 valence electrons. The Morgan fingerprint density at radius 2 is 1.27 bits per heavy atom. The second kappa shape index (κ2) is 12.0. The Morgan fingerprint density at radius 3 is 1.81 bits per heavy atom. The first-order chi connectivity index (χ1) is 12.7. The van der Waals surface area contributed by atoms with Gasteiger partial charge in [0.25, 0.3) is 0 Å². The third kappa shape index (κ3) is 6.90. The zero-order chi connectivity index (χ0) is 18.7. The molecule has 0 saturated heterocycles. The Labute approximate surface area is 164 Å². The number of unbranched alkanes of at least 4 members (excludes halogenated alkanes) is 7. The first kappa shape index (κ1) is 21.8. The third-order valence-electron chi connectivity index (χ3n) is 7.87. The highest BCUT2D eigenvalue weighted by Gasteiger charge is 2.38. The Hall–Kier alpha value is -0.510. The van der Waals surface area contributed by atoms with Gasteiger partial charge in [-0.25, -0.2) is 0 Å². The number of hydrogen-bond donors (Lipinski definition) is 0. The fourth-order valence-corrected chi connectivity index (χ4v) is 5.75. The molecule has 0 bridgehead atoms. The highest BCUT2D eigenvalue weighted by Crippen LogP contribution is 2.47. The smallest absolute Gasteiger partial charge is 0.0689 e. The van der Waals surface area contributed by atoms with Crippen molar-refractivity contribution in [3.05, 3.63) is 0 Å². The van der Waals surface area contributed by atoms with Crippen molar-refractivity contribution in [2.45, 2.75) is 129 Å². The Kier molecular flexibility index (Phi) is 10.1. The van der Waals surface area contributed by atoms with Crippen molar-refractivity contribution in [1.82, 2.24) is 0 Å². The van der Waals surface area contributed by atoms with Crippen LogP contribution in [0.4, 0.5) is 0 Å². The van der Waals surface area contributed by atoms with Crippen LogP contribution in [-0.4, -0.2) is 0 Å². The van der Waals surface area contributed by atoms with Crippen LogP contribution in [0.3, 0.4) is 0 Å². The van der Waals surface area contributed by atoms with Gasteiger partial charge in [0, 0.05) is 0 Å². The molecule has 0 aliphatic heterocycles. The van der Waals surface area contributed by atoms with Gasteiger partial charge in [0.15, 0.2) is 0 Å². The van der Waals surface area contributed by atoms with Crippen molar-refractivity contribution in [2.75, 3.05) is 0 Å². The van der Waals surface area contributed by atoms with E-state index in [1.54, 1.807) is 0 Å². The lowest BCUT2D eigenvalue weighted by molar-refractivity contribution is 0.116. The van der Waals surface area contributed by atoms with Gasteiger partial charge in [0.1, 0.15) is 0 Å². The molecule has 0 aromatic rings. The van der Waals surface area contributed by atoms with Crippen LogP contribution in [0.15, 0.2) is 0 Å². The maximum atomic E-state index is 9.85. The molecule has 0 unspecified atom stereocenters. The monoisotopic (exact) mass is 359 g/mol. The van der Waals surface area contributed by atoms with Crippen LogP contribution in [0.5, 0.6) is 0 Å². The molecule has 0 spiro atoms. The fourth-order valence-electron chi connectivity index (χ4n) is 5.75. The minimum absolute atomic E-state index is 0.0410. The topological polar surface area (TPSA) is 23.8 Å². The molecule has 1 heteroatoms. The second-order valence-corrected chi connectivity index (χ2v) is 9.64. The van der Waals surface area contributed by atoms with Crippen LogP contribution in [0.1, 0.15) is 129 Å². The van der Waals surface area contributed by atoms with Gasteiger partial charge in [-0.2, -0.15) is 5.26 Å². The maximum Gasteiger partial charge on any atom is 0.0689 e. The number of nitrogens with zero attached hydrogens (tertiary/aromatic N) is 1. The van der Waals surface area contributed by atoms with Gasteiger partial charge in [-0.15, -0.1) is 0 Å². The molecule has 0 aromatic carbocycles. The lowest BCUT2D eigenvalue weighted by Crippen LogP contribution is -2.31. The minimum atomic E-state index is 0.0410. The molecule has 26 heavy (non-hydrogen) atoms. The summed E-state index contributed by atoms with van der Waals surface area (Å²) in [6.07, 6.45) is 24.5. The summed E-state index contributed by atoms with van der Waals surface area (Å²) >= 11 is 0. The summed E-state index contributed by atoms with van der Waals surface area (Å²) in [4.78, 5) is 0. The van der Waals surface area contributed by atoms with Gasteiger partial charge in [0.05, 0.1) is 11.5 Å². The van der Waals surface area contributed by atoms with Crippen LogP contribution >= 0.6 is 0 Å². The zero-order valence-corrected chi connectivity index (χ0v) is 17.9. The van der Waals surface area contributed by atoms with Crippen molar-refractivity contribution < 1.29 is 0 Å². The van der Waals surface area contributed by atoms with E-state index in [2.05, 4.69) is 19.9 Å². The maximum absolute atomic E-state index is 9.85. The molecule has 0 atom stereocenters. The molecular weight excluding hydrogens is 314 g/mol. The third-order valence-corrected chi connectivity index (χ3v) is 7.87. The van der Waals surface area contributed by atoms with E-state index >= 15 is 0 Å². The molecule has 2 saturated carbocycles. The molecule has 0 aromatic heterocycles. The van der Waals surface area contributed by atoms with E-state index in [4.69, 9.17) is 0 Å². The standard InChI is InChI=1S/C25H45N/c1-3-5-6-7-8-9-10-11-18-25(21-26)19-16-24(17-20-25)23-14-12-22(4-2)13-15-23/h22-24H,3-20H2,1-2H3/t22?,23?,24-,25+. The molecule has 2 aliphatic carbocycles. The van der Waals surface area contributed by atoms with Crippen LogP contribution < -0.4 is 0 Å². The number of rotatable bonds is 11. The summed E-state index contributed by atoms with van der Waals surface area (Å²) in [6, 6.07) is 2.78. The van der Waals surface area contributed by atoms with Gasteiger partial charge >= 0.3 is 0 Å². The van der Waals surface area contributed by atoms with E-state index in [1.807, 2.05) is 0 Å². The summed E-state index contributed by atoms with van der Waals surface area (Å²) < 4.78 is 0. The van der Waals surface area contributed by atoms with Crippen LogP contribution in [0.25, 0.3) is 0 Å². The van der Waals surface area contributed by atoms with Crippen LogP contribution in [0, 0.1) is 34.5 Å². The van der Waals surface area contributed by atoms with Crippen molar-refractivity contribution in [1.29, 1.82) is 5.26 Å². The molecule has 1 nitrogen and oxygen atoms in total. The van der Waals surface area contributed by atoms with E-state index < -0.39 is 0 Å². The van der Waals surface area contributed by atoms with Crippen LogP contribution in [-0.2, 0) is 0 Å². The van der Waals surface area contributed by atoms with Crippen molar-refractivity contribution in [3.8, 4) is 6.07 Å². The van der Waals surface area contributed by atoms with Crippen molar-refractivity contribution >= 4 is 0 Å². The van der Waals surface area contributed by atoms with E-state index in [9.17, 15) is 5.26 Å². The van der Waals surface area contributed by atoms with E-state index in [1.165, 1.54) is 116 Å². The van der Waals surface area contributed by atoms with Gasteiger partial charge in [0.2, 0.25) is 0 Å². The second-order valence-electron chi connectivity index (χ2n) is 9.64. The first-order valence-corrected chi connectivity index (χ1v) is 12.1. The van der Waals surface area contributed by atoms with E-state index in [-0.39, 0.29) is 5.41 Å². The Morgan fingerprint density at radius 1 is 0.731 bits per heavy atom. The number of nitriles is 1. The predicted octanol–water partition coefficient (Wildman–Crippen LogP) is 8.43. The molecular formula is C25H45N. The Bertz CT molecular complexity index is 391. The predicted molar refractivity (Wildman–Crippen MR) is 113 cm³/mol. The zero-order valence-electron chi connectivity index (χ0n) is 17.9. The lowest BCUT2D eigenvalue weighted by atomic mass is 9.63. The number of hydrogen-bond acceptors (Lipinski definition) is 1. The van der Waals surface area contributed by atoms with Gasteiger partial charge in [-0.05, 0) is 62.7 Å². The van der Waals surface area contributed by atoms with Gasteiger partial charge in [-0.3, -0.25) is 0 Å². The molecule has 0 heterocycles. The minimum Gasteiger partial charge on any atom is -0.198 e. The summed E-state index contributed by atoms with van der Waals surface area (Å²) in [5.74, 6) is 2.93. The first-order valence-electron chi connectivity index (χ1n) is 12.1. The summed E-state index contributed by atoms with van der Waals surface area (Å²) in [5.41, 5.74) is 0.0410. The summed E-state index contributed by atoms with van der Waals surface area (Å²) in [6.45, 7) is 4.64. The Balaban J connectivity index is 1.61. The van der Waals surface area contributed by atoms with Gasteiger partial charge < -0.3 is 0 Å². The molecule has 0 amide bonds. The van der Waals surface area contributed by atoms with Crippen molar-refractivity contribution in [3.63, 3.8) is 0 Å². The highest BCUT2D eigenvalue weighted by molar-refractivity contribution is 5.02. The SMILES string of the molecule is CCCCCCCCCC[C@]1(C#N)CC[C@@H](C2CCC(CC)CC2)CC1. The average Bonchev–Trinajstić information content (AvgIpc) is 2.70. The molecule has 2 aliphatic rings. The van der Waals surface area contributed by atoms with E-state index in [0.717, 1.165) is 17.8 Å². The van der Waals surface area contributed by atoms with Crippen molar-refractivity contribution in [2.24, 2.45) is 23.2 Å². The largest absolute Gasteiger partial charge is 0.198 e. The average molecular weight is 360 g/mol. The molecule has 2 rings (SSSR count). The quantitative estimate of drug-likeness (QED) is 0.339. The van der Waals surface area contributed by atoms with Gasteiger partial charge in [-0.1, -0.05) is 84.5 Å².